The van der Waals surface area contributed by atoms with E-state index in [4.69, 9.17) is 21.1 Å². The van der Waals surface area contributed by atoms with Crippen molar-refractivity contribution in [3.63, 3.8) is 0 Å². The molecule has 6 amide bonds. The Balaban J connectivity index is 0.000000194. The highest BCUT2D eigenvalue weighted by Crippen LogP contribution is 2.30. The van der Waals surface area contributed by atoms with Crippen LogP contribution in [-0.4, -0.2) is 131 Å². The molecule has 0 spiro atoms. The van der Waals surface area contributed by atoms with Gasteiger partial charge in [-0.15, -0.1) is 0 Å². The number of esters is 1. The Labute approximate surface area is 542 Å². The van der Waals surface area contributed by atoms with Crippen LogP contribution in [0.3, 0.4) is 0 Å². The zero-order valence-electron chi connectivity index (χ0n) is 53.9. The van der Waals surface area contributed by atoms with Crippen molar-refractivity contribution in [2.45, 2.75) is 161 Å². The van der Waals surface area contributed by atoms with E-state index in [0.29, 0.717) is 43.2 Å². The van der Waals surface area contributed by atoms with Gasteiger partial charge in [0.15, 0.2) is 0 Å². The smallest absolute Gasteiger partial charge is 0.322 e. The first-order chi connectivity index (χ1) is 43.8. The van der Waals surface area contributed by atoms with Crippen LogP contribution in [-0.2, 0) is 35.1 Å². The van der Waals surface area contributed by atoms with Crippen molar-refractivity contribution in [3.05, 3.63) is 191 Å². The first kappa shape index (κ1) is 70.8. The molecule has 0 aromatic heterocycles. The lowest BCUT2D eigenvalue weighted by Crippen LogP contribution is -2.55. The van der Waals surface area contributed by atoms with Crippen molar-refractivity contribution < 1.29 is 41.8 Å². The average Bonchev–Trinajstić information content (AvgIpc) is 1.42. The quantitative estimate of drug-likeness (QED) is 0.0516. The highest BCUT2D eigenvalue weighted by Gasteiger charge is 2.35. The number of carbonyl (C=O) groups is 4. The zero-order chi connectivity index (χ0) is 65.3. The highest BCUT2D eigenvalue weighted by molar-refractivity contribution is 6.30. The Morgan fingerprint density at radius 2 is 1.14 bits per heavy atom. The van der Waals surface area contributed by atoms with E-state index in [1.807, 2.05) is 113 Å². The van der Waals surface area contributed by atoms with Gasteiger partial charge in [-0.25, -0.2) is 27.6 Å². The lowest BCUT2D eigenvalue weighted by atomic mass is 10.00. The summed E-state index contributed by atoms with van der Waals surface area (Å²) in [5.74, 6) is -3.13. The molecule has 0 aliphatic carbocycles. The number of nitrogens with one attached hydrogen (secondary N) is 4. The number of anilines is 3. The average molecular weight is 1270 g/mol. The number of rotatable bonds is 21. The minimum atomic E-state index is -3.00. The zero-order valence-corrected chi connectivity index (χ0v) is 54.7. The molecule has 15 nitrogen and oxygen atoms in total. The highest BCUT2D eigenvalue weighted by atomic mass is 35.5. The Hall–Kier alpha value is -7.64. The molecule has 0 bridgehead atoms. The fourth-order valence-electron chi connectivity index (χ4n) is 12.1. The topological polar surface area (TPSA) is 151 Å². The molecular formula is C72H93ClF3N9O6. The summed E-state index contributed by atoms with van der Waals surface area (Å²) in [6.45, 7) is 18.3. The number of nitrogens with zero attached hydrogens (tertiary/aromatic N) is 5. The second-order valence-electron chi connectivity index (χ2n) is 24.1. The molecule has 19 heteroatoms. The second kappa shape index (κ2) is 35.8. The van der Waals surface area contributed by atoms with E-state index in [-0.39, 0.29) is 47.1 Å². The van der Waals surface area contributed by atoms with Gasteiger partial charge in [-0.3, -0.25) is 9.69 Å². The van der Waals surface area contributed by atoms with Crippen LogP contribution in [0.15, 0.2) is 158 Å². The summed E-state index contributed by atoms with van der Waals surface area (Å²) in [5, 5.41) is 11.6. The molecule has 91 heavy (non-hydrogen) atoms. The maximum Gasteiger partial charge on any atom is 0.322 e. The number of urea groups is 3. The number of benzene rings is 6. The van der Waals surface area contributed by atoms with Crippen molar-refractivity contribution in [2.24, 2.45) is 0 Å². The van der Waals surface area contributed by atoms with Crippen LogP contribution in [0.25, 0.3) is 0 Å². The minimum absolute atomic E-state index is 0.0379. The number of alkyl halides is 2. The molecule has 3 aliphatic heterocycles. The maximum atomic E-state index is 14.2. The van der Waals surface area contributed by atoms with Crippen LogP contribution in [0.4, 0.5) is 44.6 Å². The molecule has 4 N–H and O–H groups in total. The van der Waals surface area contributed by atoms with Gasteiger partial charge >= 0.3 is 24.1 Å². The van der Waals surface area contributed by atoms with Gasteiger partial charge in [-0.1, -0.05) is 141 Å². The van der Waals surface area contributed by atoms with Gasteiger partial charge < -0.3 is 50.3 Å². The lowest BCUT2D eigenvalue weighted by molar-refractivity contribution is -0.150. The maximum absolute atomic E-state index is 14.2. The van der Waals surface area contributed by atoms with E-state index < -0.39 is 29.8 Å². The molecule has 490 valence electrons. The third-order valence-corrected chi connectivity index (χ3v) is 17.4. The fourth-order valence-corrected chi connectivity index (χ4v) is 12.3. The van der Waals surface area contributed by atoms with Crippen LogP contribution in [0.5, 0.6) is 5.75 Å². The van der Waals surface area contributed by atoms with Crippen LogP contribution in [0.2, 0.25) is 5.02 Å². The van der Waals surface area contributed by atoms with E-state index in [2.05, 4.69) is 75.8 Å². The van der Waals surface area contributed by atoms with Gasteiger partial charge in [0.1, 0.15) is 17.7 Å². The number of carbonyl (C=O) groups excluding carboxylic acids is 4. The number of piperidine rings is 3. The van der Waals surface area contributed by atoms with Crippen molar-refractivity contribution in [1.82, 2.24) is 29.8 Å². The SMILES string of the molecule is CC(=O)O[C@H]1CN(Cc2ccccc2)CC[C@@H]1NC(=O)Nc1cccc(C(C)(F)F)c1.CCCC(C)N1CCC(N(Cc2ccccc2)C(=O)Nc2cc(Cl)ccc2F)CC1.CCCC(C)N1CCC(N(Cc2ccccc2)C(=O)Nc2ccc(OC)cc2)CC1. The van der Waals surface area contributed by atoms with Gasteiger partial charge in [0.2, 0.25) is 0 Å². The number of hydrogen-bond acceptors (Lipinski definition) is 9. The normalized spacial score (nSPS) is 17.3. The molecule has 3 aliphatic rings. The lowest BCUT2D eigenvalue weighted by Gasteiger charge is -2.40. The summed E-state index contributed by atoms with van der Waals surface area (Å²) >= 11 is 5.99. The number of ether oxygens (including phenoxy) is 2. The molecule has 0 radical (unpaired) electrons. The molecule has 9 rings (SSSR count). The second-order valence-corrected chi connectivity index (χ2v) is 24.5. The molecule has 6 aromatic carbocycles. The number of amides is 6. The molecular weight excluding hydrogens is 1180 g/mol. The molecule has 0 saturated carbocycles. The van der Waals surface area contributed by atoms with Gasteiger partial charge in [0.25, 0.3) is 5.92 Å². The van der Waals surface area contributed by atoms with Crippen LogP contribution in [0.1, 0.15) is 122 Å². The Morgan fingerprint density at radius 1 is 0.626 bits per heavy atom. The summed E-state index contributed by atoms with van der Waals surface area (Å²) in [6, 6.07) is 47.7. The number of halogens is 4. The Bertz CT molecular complexity index is 3170. The number of methoxy groups -OCH3 is 1. The number of likely N-dealkylation sites (tertiary alicyclic amines) is 3. The van der Waals surface area contributed by atoms with E-state index in [1.54, 1.807) is 13.2 Å². The van der Waals surface area contributed by atoms with Crippen molar-refractivity contribution in [1.29, 1.82) is 0 Å². The van der Waals surface area contributed by atoms with E-state index in [0.717, 1.165) is 100 Å². The van der Waals surface area contributed by atoms with Crippen molar-refractivity contribution in [2.75, 3.05) is 62.3 Å². The van der Waals surface area contributed by atoms with Crippen LogP contribution >= 0.6 is 11.6 Å². The first-order valence-corrected chi connectivity index (χ1v) is 32.5. The van der Waals surface area contributed by atoms with E-state index >= 15 is 0 Å². The summed E-state index contributed by atoms with van der Waals surface area (Å²) in [7, 11) is 1.64. The van der Waals surface area contributed by atoms with Gasteiger partial charge in [-0.05, 0) is 130 Å². The van der Waals surface area contributed by atoms with E-state index in [9.17, 15) is 32.3 Å². The summed E-state index contributed by atoms with van der Waals surface area (Å²) in [4.78, 5) is 61.6. The van der Waals surface area contributed by atoms with Crippen molar-refractivity contribution in [3.8, 4) is 5.75 Å². The predicted octanol–water partition coefficient (Wildman–Crippen LogP) is 15.7. The summed E-state index contributed by atoms with van der Waals surface area (Å²) in [6.07, 6.45) is 8.73. The van der Waals surface area contributed by atoms with Crippen molar-refractivity contribution >= 4 is 52.7 Å². The van der Waals surface area contributed by atoms with Gasteiger partial charge in [0.05, 0.1) is 18.8 Å². The molecule has 3 fully saturated rings. The molecule has 3 saturated heterocycles. The molecule has 3 heterocycles. The standard InChI is InChI=1S/C25H35N3O2.C24H31ClFN3O.C23H27F2N3O3/c1-4-8-20(2)27-17-15-23(16-18-27)28(19-21-9-6-5-7-10-21)25(29)26-22-11-13-24(30-3)14-12-22;1-3-7-18(2)28-14-12-21(13-15-28)29(17-19-8-5-4-6-9-19)24(30)27-23-16-20(25)10-11-22(23)26;1-16(29)31-21-15-28(14-17-7-4-3-5-8-17)12-11-20(21)27-22(30)26-19-10-6-9-18(13-19)23(2,24)25/h5-7,9-14,20,23H,4,8,15-19H2,1-3H3,(H,26,29);4-6,8-11,16,18,21H,3,7,12-15,17H2,1-2H3,(H,27,30);3-10,13,20-21H,11-12,14-15H2,1-2H3,(H2,26,27,30)/t;;20-,21-/m..0/s1. The third kappa shape index (κ3) is 22.9. The van der Waals surface area contributed by atoms with Gasteiger partial charge in [0, 0.05) is 119 Å². The van der Waals surface area contributed by atoms with Crippen LogP contribution in [0, 0.1) is 5.82 Å². The first-order valence-electron chi connectivity index (χ1n) is 32.1. The third-order valence-electron chi connectivity index (χ3n) is 17.1. The summed E-state index contributed by atoms with van der Waals surface area (Å²) in [5.41, 5.74) is 4.35. The fraction of sp³-hybridized carbons (Fsp3) is 0.444. The largest absolute Gasteiger partial charge is 0.497 e. The molecule has 4 atom stereocenters. The van der Waals surface area contributed by atoms with E-state index in [1.165, 1.54) is 69.0 Å². The monoisotopic (exact) mass is 1270 g/mol. The molecule has 6 aromatic rings. The Kier molecular flexibility index (Phi) is 27.9. The minimum Gasteiger partial charge on any atom is -0.497 e. The Morgan fingerprint density at radius 3 is 1.64 bits per heavy atom. The number of hydrogen-bond donors (Lipinski definition) is 4. The van der Waals surface area contributed by atoms with Crippen LogP contribution < -0.4 is 26.0 Å². The predicted molar refractivity (Wildman–Crippen MR) is 358 cm³/mol. The molecule has 2 unspecified atom stereocenters. The summed E-state index contributed by atoms with van der Waals surface area (Å²) < 4.78 is 51.9. The van der Waals surface area contributed by atoms with Gasteiger partial charge in [-0.2, -0.15) is 0 Å².